The maximum Gasteiger partial charge on any atom is 0.325 e. The van der Waals surface area contributed by atoms with Crippen LogP contribution in [-0.2, 0) is 19.3 Å². The van der Waals surface area contributed by atoms with E-state index in [1.54, 1.807) is 9.96 Å². The lowest BCUT2D eigenvalue weighted by atomic mass is 10.00. The lowest BCUT2D eigenvalue weighted by Crippen LogP contribution is -2.51. The minimum Gasteiger partial charge on any atom is -0.384 e. The van der Waals surface area contributed by atoms with Gasteiger partial charge < -0.3 is 15.5 Å². The molecular weight excluding hydrogens is 410 g/mol. The van der Waals surface area contributed by atoms with E-state index in [2.05, 4.69) is 17.4 Å². The molecule has 2 fully saturated rings. The van der Waals surface area contributed by atoms with E-state index in [0.717, 1.165) is 36.9 Å². The Labute approximate surface area is 189 Å². The molecule has 2 atom stereocenters. The van der Waals surface area contributed by atoms with Gasteiger partial charge in [0.1, 0.15) is 5.84 Å². The van der Waals surface area contributed by atoms with E-state index in [9.17, 15) is 9.59 Å². The minimum atomic E-state index is -0.533. The molecule has 0 aromatic heterocycles. The van der Waals surface area contributed by atoms with Crippen molar-refractivity contribution < 1.29 is 19.3 Å². The van der Waals surface area contributed by atoms with Crippen molar-refractivity contribution in [1.29, 1.82) is 0 Å². The first-order valence-electron chi connectivity index (χ1n) is 11.6. The van der Waals surface area contributed by atoms with Gasteiger partial charge in [-0.05, 0) is 18.4 Å². The Morgan fingerprint density at radius 2 is 1.88 bits per heavy atom. The second kappa shape index (κ2) is 11.9. The Balaban J connectivity index is 1.47. The first kappa shape index (κ1) is 24.2. The number of amidine groups is 1. The van der Waals surface area contributed by atoms with E-state index in [1.165, 1.54) is 0 Å². The number of hydroxylamine groups is 3. The maximum atomic E-state index is 12.9. The van der Waals surface area contributed by atoms with Crippen LogP contribution in [-0.4, -0.2) is 66.5 Å². The summed E-state index contributed by atoms with van der Waals surface area (Å²) in [5.41, 5.74) is 11.0. The van der Waals surface area contributed by atoms with Crippen LogP contribution in [0.1, 0.15) is 63.1 Å². The zero-order valence-electron chi connectivity index (χ0n) is 19.1. The van der Waals surface area contributed by atoms with Crippen LogP contribution in [0.4, 0.5) is 0 Å². The molecule has 9 nitrogen and oxygen atoms in total. The molecule has 1 aromatic carbocycles. The Hall–Kier alpha value is -2.49. The molecule has 0 saturated carbocycles. The Morgan fingerprint density at radius 1 is 1.16 bits per heavy atom. The van der Waals surface area contributed by atoms with E-state index in [-0.39, 0.29) is 17.9 Å². The number of carbonyl (C=O) groups is 2. The van der Waals surface area contributed by atoms with E-state index in [4.69, 9.17) is 15.4 Å². The molecule has 3 N–H and O–H groups in total. The molecule has 0 radical (unpaired) electrons. The summed E-state index contributed by atoms with van der Waals surface area (Å²) < 4.78 is 0. The number of carbonyl (C=O) groups excluding carboxylic acids is 2. The smallest absolute Gasteiger partial charge is 0.325 e. The number of amides is 1. The summed E-state index contributed by atoms with van der Waals surface area (Å²) in [4.78, 5) is 41.6. The number of rotatable bonds is 9. The van der Waals surface area contributed by atoms with Gasteiger partial charge in [0.15, 0.2) is 6.10 Å². The van der Waals surface area contributed by atoms with Gasteiger partial charge in [-0.3, -0.25) is 19.4 Å². The van der Waals surface area contributed by atoms with Crippen LogP contribution >= 0.6 is 0 Å². The minimum absolute atomic E-state index is 0.0385. The highest BCUT2D eigenvalue weighted by Gasteiger charge is 2.36. The number of nitrogens with zero attached hydrogens (tertiary/aromatic N) is 3. The van der Waals surface area contributed by atoms with Crippen LogP contribution < -0.4 is 11.2 Å². The third-order valence-electron chi connectivity index (χ3n) is 5.72. The summed E-state index contributed by atoms with van der Waals surface area (Å²) in [6.45, 7) is 6.83. The van der Waals surface area contributed by atoms with Crippen molar-refractivity contribution in [3.8, 4) is 0 Å². The second-order valence-electron chi connectivity index (χ2n) is 8.22. The average molecular weight is 446 g/mol. The lowest BCUT2D eigenvalue weighted by Gasteiger charge is -2.34. The zero-order chi connectivity index (χ0) is 22.9. The van der Waals surface area contributed by atoms with Crippen molar-refractivity contribution in [1.82, 2.24) is 15.4 Å². The molecule has 2 unspecified atom stereocenters. The highest BCUT2D eigenvalue weighted by molar-refractivity contribution is 5.97. The summed E-state index contributed by atoms with van der Waals surface area (Å²) in [5, 5.41) is 1.64. The van der Waals surface area contributed by atoms with Gasteiger partial charge in [0.25, 0.3) is 5.91 Å². The van der Waals surface area contributed by atoms with Crippen LogP contribution in [0.15, 0.2) is 29.3 Å². The van der Waals surface area contributed by atoms with Gasteiger partial charge >= 0.3 is 5.97 Å². The fourth-order valence-electron chi connectivity index (χ4n) is 3.76. The molecule has 32 heavy (non-hydrogen) atoms. The molecule has 0 aliphatic carbocycles. The predicted octanol–water partition coefficient (Wildman–Crippen LogP) is 1.93. The Bertz CT molecular complexity index is 790. The number of nitrogens with two attached hydrogens (primary N) is 1. The van der Waals surface area contributed by atoms with Crippen molar-refractivity contribution in [2.75, 3.05) is 32.7 Å². The van der Waals surface area contributed by atoms with Gasteiger partial charge in [-0.25, -0.2) is 0 Å². The number of hydrogen-bond acceptors (Lipinski definition) is 7. The standard InChI is InChI=1S/C23H35N5O4/c1-3-5-11-25-22(24)18-9-7-17(8-10-18)19-16-20(31-26-19)23(30)27-12-14-28(15-13-27)32-21(29)6-4-2/h7-10,19-20,26H,3-6,11-16H2,1-2H3,(H2,24,25). The molecule has 2 aliphatic rings. The van der Waals surface area contributed by atoms with Gasteiger partial charge in [-0.2, -0.15) is 5.48 Å². The largest absolute Gasteiger partial charge is 0.384 e. The SMILES string of the molecule is CCCCN=C(N)c1ccc(C2CC(C(=O)N3CCN(OC(=O)CCC)CC3)ON2)cc1. The highest BCUT2D eigenvalue weighted by atomic mass is 16.7. The van der Waals surface area contributed by atoms with Gasteiger partial charge in [-0.15, -0.1) is 5.06 Å². The molecule has 176 valence electrons. The van der Waals surface area contributed by atoms with Crippen LogP contribution in [0.2, 0.25) is 0 Å². The molecule has 1 aromatic rings. The number of aliphatic imine (C=N–C) groups is 1. The van der Waals surface area contributed by atoms with Crippen molar-refractivity contribution >= 4 is 17.7 Å². The fourth-order valence-corrected chi connectivity index (χ4v) is 3.76. The molecule has 0 bridgehead atoms. The first-order valence-corrected chi connectivity index (χ1v) is 11.6. The Morgan fingerprint density at radius 3 is 2.53 bits per heavy atom. The summed E-state index contributed by atoms with van der Waals surface area (Å²) in [5.74, 6) is 0.287. The molecule has 0 spiro atoms. The predicted molar refractivity (Wildman–Crippen MR) is 121 cm³/mol. The van der Waals surface area contributed by atoms with E-state index >= 15 is 0 Å². The lowest BCUT2D eigenvalue weighted by molar-refractivity contribution is -0.198. The number of hydrogen-bond donors (Lipinski definition) is 2. The number of benzene rings is 1. The van der Waals surface area contributed by atoms with Crippen LogP contribution in [0.3, 0.4) is 0 Å². The third-order valence-corrected chi connectivity index (χ3v) is 5.72. The average Bonchev–Trinajstić information content (AvgIpc) is 3.30. The summed E-state index contributed by atoms with van der Waals surface area (Å²) in [6, 6.07) is 7.84. The van der Waals surface area contributed by atoms with E-state index in [1.807, 2.05) is 31.2 Å². The summed E-state index contributed by atoms with van der Waals surface area (Å²) >= 11 is 0. The Kier molecular flexibility index (Phi) is 9.01. The van der Waals surface area contributed by atoms with Crippen LogP contribution in [0.25, 0.3) is 0 Å². The topological polar surface area (TPSA) is 109 Å². The van der Waals surface area contributed by atoms with Crippen molar-refractivity contribution in [2.24, 2.45) is 10.7 Å². The monoisotopic (exact) mass is 445 g/mol. The normalized spacial score (nSPS) is 22.2. The number of piperazine rings is 1. The van der Waals surface area contributed by atoms with Gasteiger partial charge in [-0.1, -0.05) is 44.5 Å². The maximum absolute atomic E-state index is 12.9. The summed E-state index contributed by atoms with van der Waals surface area (Å²) in [7, 11) is 0. The molecule has 9 heteroatoms. The molecule has 1 amide bonds. The summed E-state index contributed by atoms with van der Waals surface area (Å²) in [6.07, 6.45) is 3.30. The van der Waals surface area contributed by atoms with E-state index in [0.29, 0.717) is 44.9 Å². The van der Waals surface area contributed by atoms with E-state index < -0.39 is 6.10 Å². The zero-order valence-corrected chi connectivity index (χ0v) is 19.1. The number of nitrogens with one attached hydrogen (secondary N) is 1. The number of unbranched alkanes of at least 4 members (excludes halogenated alkanes) is 1. The van der Waals surface area contributed by atoms with Gasteiger partial charge in [0.05, 0.1) is 19.1 Å². The molecule has 2 aliphatic heterocycles. The molecule has 2 heterocycles. The van der Waals surface area contributed by atoms with Crippen molar-refractivity contribution in [3.05, 3.63) is 35.4 Å². The van der Waals surface area contributed by atoms with Crippen molar-refractivity contribution in [2.45, 2.75) is 58.1 Å². The highest BCUT2D eigenvalue weighted by Crippen LogP contribution is 2.27. The molecular formula is C23H35N5O4. The first-order chi connectivity index (χ1) is 15.5. The fraction of sp³-hybridized carbons (Fsp3) is 0.609. The molecule has 2 saturated heterocycles. The van der Waals surface area contributed by atoms with Crippen molar-refractivity contribution in [3.63, 3.8) is 0 Å². The third kappa shape index (κ3) is 6.51. The molecule has 3 rings (SSSR count). The quantitative estimate of drug-likeness (QED) is 0.340. The van der Waals surface area contributed by atoms with Crippen LogP contribution in [0.5, 0.6) is 0 Å². The van der Waals surface area contributed by atoms with Gasteiger partial charge in [0, 0.05) is 38.0 Å². The second-order valence-corrected chi connectivity index (χ2v) is 8.22. The van der Waals surface area contributed by atoms with Gasteiger partial charge in [0.2, 0.25) is 0 Å². The van der Waals surface area contributed by atoms with Crippen LogP contribution in [0, 0.1) is 0 Å².